The zero-order valence-electron chi connectivity index (χ0n) is 11.0. The van der Waals surface area contributed by atoms with Gasteiger partial charge in [0.15, 0.2) is 0 Å². The zero-order valence-corrected chi connectivity index (χ0v) is 11.0. The summed E-state index contributed by atoms with van der Waals surface area (Å²) in [6.45, 7) is 1.94. The third kappa shape index (κ3) is 3.43. The summed E-state index contributed by atoms with van der Waals surface area (Å²) in [5, 5.41) is 5.54. The number of pyridine rings is 1. The predicted octanol–water partition coefficient (Wildman–Crippen LogP) is 0.475. The van der Waals surface area contributed by atoms with Gasteiger partial charge < -0.3 is 15.5 Å². The van der Waals surface area contributed by atoms with E-state index in [9.17, 15) is 9.59 Å². The summed E-state index contributed by atoms with van der Waals surface area (Å²) >= 11 is 0. The Balaban J connectivity index is 1.92. The van der Waals surface area contributed by atoms with Gasteiger partial charge in [-0.1, -0.05) is 0 Å². The summed E-state index contributed by atoms with van der Waals surface area (Å²) in [7, 11) is 1.56. The van der Waals surface area contributed by atoms with Gasteiger partial charge in [0, 0.05) is 32.0 Å². The van der Waals surface area contributed by atoms with Gasteiger partial charge in [-0.05, 0) is 25.0 Å². The minimum absolute atomic E-state index is 0.0933. The van der Waals surface area contributed by atoms with Crippen LogP contribution in [0.25, 0.3) is 0 Å². The standard InChI is InChI=1S/C13H18N4O2/c1-14-13(19)11-8-10(4-5-15-11)16-9-12(18)17-6-2-3-7-17/h4-5,8H,2-3,6-7,9H2,1H3,(H,14,19)(H,15,16). The number of amides is 2. The van der Waals surface area contributed by atoms with Crippen molar-refractivity contribution in [2.24, 2.45) is 0 Å². The van der Waals surface area contributed by atoms with Crippen molar-refractivity contribution in [3.63, 3.8) is 0 Å². The largest absolute Gasteiger partial charge is 0.376 e. The molecule has 2 heterocycles. The summed E-state index contributed by atoms with van der Waals surface area (Å²) < 4.78 is 0. The second-order valence-corrected chi connectivity index (χ2v) is 4.45. The Bertz CT molecular complexity index is 469. The van der Waals surface area contributed by atoms with Crippen LogP contribution in [-0.2, 0) is 4.79 Å². The molecule has 1 fully saturated rings. The molecule has 19 heavy (non-hydrogen) atoms. The van der Waals surface area contributed by atoms with Crippen molar-refractivity contribution in [3.8, 4) is 0 Å². The molecule has 0 aromatic carbocycles. The Kier molecular flexibility index (Phi) is 4.33. The normalized spacial score (nSPS) is 14.3. The Hall–Kier alpha value is -2.11. The van der Waals surface area contributed by atoms with E-state index in [-0.39, 0.29) is 18.4 Å². The molecule has 6 nitrogen and oxygen atoms in total. The maximum absolute atomic E-state index is 11.9. The molecule has 102 valence electrons. The van der Waals surface area contributed by atoms with E-state index in [4.69, 9.17) is 0 Å². The first kappa shape index (κ1) is 13.3. The minimum atomic E-state index is -0.241. The smallest absolute Gasteiger partial charge is 0.269 e. The molecule has 2 amide bonds. The molecule has 0 radical (unpaired) electrons. The fourth-order valence-electron chi connectivity index (χ4n) is 2.05. The van der Waals surface area contributed by atoms with Crippen LogP contribution < -0.4 is 10.6 Å². The lowest BCUT2D eigenvalue weighted by atomic mass is 10.3. The number of carbonyl (C=O) groups is 2. The van der Waals surface area contributed by atoms with Gasteiger partial charge in [0.25, 0.3) is 5.91 Å². The highest BCUT2D eigenvalue weighted by Crippen LogP contribution is 2.10. The number of likely N-dealkylation sites (tertiary alicyclic amines) is 1. The lowest BCUT2D eigenvalue weighted by molar-refractivity contribution is -0.128. The number of rotatable bonds is 4. The van der Waals surface area contributed by atoms with E-state index < -0.39 is 0 Å². The molecular formula is C13H18N4O2. The van der Waals surface area contributed by atoms with Crippen LogP contribution in [-0.4, -0.2) is 48.4 Å². The van der Waals surface area contributed by atoms with Gasteiger partial charge in [-0.25, -0.2) is 0 Å². The monoisotopic (exact) mass is 262 g/mol. The molecule has 1 aromatic heterocycles. The van der Waals surface area contributed by atoms with Crippen molar-refractivity contribution in [1.29, 1.82) is 0 Å². The van der Waals surface area contributed by atoms with Crippen LogP contribution in [0.4, 0.5) is 5.69 Å². The molecular weight excluding hydrogens is 244 g/mol. The van der Waals surface area contributed by atoms with Crippen LogP contribution in [0.1, 0.15) is 23.3 Å². The van der Waals surface area contributed by atoms with Crippen LogP contribution in [0, 0.1) is 0 Å². The highest BCUT2D eigenvalue weighted by atomic mass is 16.2. The third-order valence-corrected chi connectivity index (χ3v) is 3.12. The van der Waals surface area contributed by atoms with Crippen LogP contribution in [0.5, 0.6) is 0 Å². The lowest BCUT2D eigenvalue weighted by Crippen LogP contribution is -2.33. The molecule has 1 saturated heterocycles. The first-order chi connectivity index (χ1) is 9.20. The maximum Gasteiger partial charge on any atom is 0.269 e. The summed E-state index contributed by atoms with van der Waals surface area (Å²) in [5.74, 6) is -0.148. The molecule has 0 aliphatic carbocycles. The average Bonchev–Trinajstić information content (AvgIpc) is 2.98. The quantitative estimate of drug-likeness (QED) is 0.827. The zero-order chi connectivity index (χ0) is 13.7. The highest BCUT2D eigenvalue weighted by Gasteiger charge is 2.17. The highest BCUT2D eigenvalue weighted by molar-refractivity contribution is 5.93. The molecule has 2 N–H and O–H groups in total. The van der Waals surface area contributed by atoms with Gasteiger partial charge >= 0.3 is 0 Å². The SMILES string of the molecule is CNC(=O)c1cc(NCC(=O)N2CCCC2)ccn1. The number of anilines is 1. The van der Waals surface area contributed by atoms with Gasteiger partial charge in [-0.3, -0.25) is 14.6 Å². The van der Waals surface area contributed by atoms with E-state index in [0.717, 1.165) is 31.6 Å². The summed E-state index contributed by atoms with van der Waals surface area (Å²) in [6.07, 6.45) is 3.72. The number of aromatic nitrogens is 1. The van der Waals surface area contributed by atoms with Crippen LogP contribution in [0.2, 0.25) is 0 Å². The van der Waals surface area contributed by atoms with Gasteiger partial charge in [0.05, 0.1) is 6.54 Å². The van der Waals surface area contributed by atoms with E-state index in [1.165, 1.54) is 0 Å². The molecule has 0 atom stereocenters. The summed E-state index contributed by atoms with van der Waals surface area (Å²) in [5.41, 5.74) is 1.06. The van der Waals surface area contributed by atoms with E-state index in [2.05, 4.69) is 15.6 Å². The van der Waals surface area contributed by atoms with Crippen LogP contribution in [0.3, 0.4) is 0 Å². The number of carbonyl (C=O) groups excluding carboxylic acids is 2. The molecule has 2 rings (SSSR count). The lowest BCUT2D eigenvalue weighted by Gasteiger charge is -2.16. The second kappa shape index (κ2) is 6.17. The Morgan fingerprint density at radius 2 is 2.11 bits per heavy atom. The molecule has 1 aromatic rings. The van der Waals surface area contributed by atoms with Crippen molar-refractivity contribution in [3.05, 3.63) is 24.0 Å². The van der Waals surface area contributed by atoms with Crippen molar-refractivity contribution in [1.82, 2.24) is 15.2 Å². The molecule has 0 saturated carbocycles. The van der Waals surface area contributed by atoms with E-state index in [0.29, 0.717) is 5.69 Å². The van der Waals surface area contributed by atoms with Gasteiger partial charge in [-0.15, -0.1) is 0 Å². The van der Waals surface area contributed by atoms with Crippen molar-refractivity contribution in [2.75, 3.05) is 32.0 Å². The Morgan fingerprint density at radius 3 is 2.79 bits per heavy atom. The molecule has 0 bridgehead atoms. The fourth-order valence-corrected chi connectivity index (χ4v) is 2.05. The number of hydrogen-bond donors (Lipinski definition) is 2. The van der Waals surface area contributed by atoms with Crippen molar-refractivity contribution < 1.29 is 9.59 Å². The fraction of sp³-hybridized carbons (Fsp3) is 0.462. The topological polar surface area (TPSA) is 74.3 Å². The number of hydrogen-bond acceptors (Lipinski definition) is 4. The van der Waals surface area contributed by atoms with E-state index >= 15 is 0 Å². The number of nitrogens with one attached hydrogen (secondary N) is 2. The Morgan fingerprint density at radius 1 is 1.37 bits per heavy atom. The minimum Gasteiger partial charge on any atom is -0.376 e. The first-order valence-corrected chi connectivity index (χ1v) is 6.40. The Labute approximate surface area is 112 Å². The average molecular weight is 262 g/mol. The van der Waals surface area contributed by atoms with Gasteiger partial charge in [-0.2, -0.15) is 0 Å². The predicted molar refractivity (Wildman–Crippen MR) is 71.9 cm³/mol. The first-order valence-electron chi connectivity index (χ1n) is 6.40. The van der Waals surface area contributed by atoms with E-state index in [1.54, 1.807) is 25.4 Å². The van der Waals surface area contributed by atoms with Gasteiger partial charge in [0.2, 0.25) is 5.91 Å². The molecule has 0 spiro atoms. The van der Waals surface area contributed by atoms with Crippen LogP contribution >= 0.6 is 0 Å². The summed E-state index contributed by atoms with van der Waals surface area (Å²) in [4.78, 5) is 29.1. The molecule has 1 aliphatic rings. The van der Waals surface area contributed by atoms with E-state index in [1.807, 2.05) is 4.90 Å². The van der Waals surface area contributed by atoms with Crippen molar-refractivity contribution in [2.45, 2.75) is 12.8 Å². The number of nitrogens with zero attached hydrogens (tertiary/aromatic N) is 2. The molecule has 1 aliphatic heterocycles. The second-order valence-electron chi connectivity index (χ2n) is 4.45. The third-order valence-electron chi connectivity index (χ3n) is 3.12. The maximum atomic E-state index is 11.9. The van der Waals surface area contributed by atoms with Crippen LogP contribution in [0.15, 0.2) is 18.3 Å². The molecule has 0 unspecified atom stereocenters. The summed E-state index contributed by atoms with van der Waals surface area (Å²) in [6, 6.07) is 3.37. The van der Waals surface area contributed by atoms with Crippen molar-refractivity contribution >= 4 is 17.5 Å². The van der Waals surface area contributed by atoms with Gasteiger partial charge in [0.1, 0.15) is 5.69 Å². The molecule has 6 heteroatoms.